The van der Waals surface area contributed by atoms with Gasteiger partial charge in [0.25, 0.3) is 0 Å². The first-order valence-corrected chi connectivity index (χ1v) is 10.0. The van der Waals surface area contributed by atoms with E-state index >= 15 is 0 Å². The molecular formula is C24H19BrN2O2. The molecule has 1 aromatic heterocycles. The molecule has 0 saturated carbocycles. The van der Waals surface area contributed by atoms with Gasteiger partial charge in [-0.2, -0.15) is 0 Å². The van der Waals surface area contributed by atoms with Crippen LogP contribution in [0.3, 0.4) is 0 Å². The predicted octanol–water partition coefficient (Wildman–Crippen LogP) is 6.26. The summed E-state index contributed by atoms with van der Waals surface area (Å²) in [6, 6.07) is 21.8. The van der Waals surface area contributed by atoms with Crippen molar-refractivity contribution in [1.82, 2.24) is 4.98 Å². The minimum absolute atomic E-state index is 0.0937. The summed E-state index contributed by atoms with van der Waals surface area (Å²) in [5, 5.41) is 3.00. The van der Waals surface area contributed by atoms with Crippen LogP contribution in [0.25, 0.3) is 22.6 Å². The number of aromatic nitrogens is 1. The maximum Gasteiger partial charge on any atom is 0.228 e. The Morgan fingerprint density at radius 3 is 2.55 bits per heavy atom. The number of nitrogens with one attached hydrogen (secondary N) is 1. The second-order valence-corrected chi connectivity index (χ2v) is 7.68. The second kappa shape index (κ2) is 8.45. The number of nitrogens with zero attached hydrogens (tertiary/aromatic N) is 1. The standard InChI is InChI=1S/C24H19BrN2O2/c1-16-4-2-3-5-20(16)18-8-11-22(21(15-18)24-26-12-13-29-24)27-23(28)14-17-6-9-19(25)10-7-17/h2-13,15H,14H2,1H3,(H,27,28). The quantitative estimate of drug-likeness (QED) is 0.393. The molecule has 0 fully saturated rings. The summed E-state index contributed by atoms with van der Waals surface area (Å²) in [6.07, 6.45) is 3.42. The molecule has 0 saturated heterocycles. The largest absolute Gasteiger partial charge is 0.444 e. The van der Waals surface area contributed by atoms with E-state index < -0.39 is 0 Å². The summed E-state index contributed by atoms with van der Waals surface area (Å²) in [7, 11) is 0. The van der Waals surface area contributed by atoms with Gasteiger partial charge in [-0.05, 0) is 53.4 Å². The fourth-order valence-corrected chi connectivity index (χ4v) is 3.50. The molecule has 0 aliphatic heterocycles. The first-order valence-electron chi connectivity index (χ1n) is 9.24. The van der Waals surface area contributed by atoms with Gasteiger partial charge in [-0.15, -0.1) is 0 Å². The van der Waals surface area contributed by atoms with Crippen molar-refractivity contribution in [3.8, 4) is 22.6 Å². The van der Waals surface area contributed by atoms with E-state index in [0.29, 0.717) is 11.6 Å². The third-order valence-corrected chi connectivity index (χ3v) is 5.22. The van der Waals surface area contributed by atoms with Gasteiger partial charge in [0.2, 0.25) is 11.8 Å². The summed E-state index contributed by atoms with van der Waals surface area (Å²) in [4.78, 5) is 16.9. The Labute approximate surface area is 177 Å². The molecule has 1 amide bonds. The molecule has 3 aromatic carbocycles. The van der Waals surface area contributed by atoms with Gasteiger partial charge in [0, 0.05) is 4.47 Å². The molecule has 0 radical (unpaired) electrons. The average molecular weight is 447 g/mol. The zero-order valence-electron chi connectivity index (χ0n) is 15.9. The first kappa shape index (κ1) is 19.2. The van der Waals surface area contributed by atoms with Crippen LogP contribution in [0.15, 0.2) is 88.1 Å². The maximum absolute atomic E-state index is 12.6. The molecule has 4 rings (SSSR count). The van der Waals surface area contributed by atoms with Crippen molar-refractivity contribution in [2.45, 2.75) is 13.3 Å². The number of carbonyl (C=O) groups is 1. The minimum atomic E-state index is -0.0937. The highest BCUT2D eigenvalue weighted by molar-refractivity contribution is 9.10. The Balaban J connectivity index is 1.65. The fraction of sp³-hybridized carbons (Fsp3) is 0.0833. The number of amides is 1. The lowest BCUT2D eigenvalue weighted by molar-refractivity contribution is -0.115. The molecule has 5 heteroatoms. The van der Waals surface area contributed by atoms with Crippen molar-refractivity contribution in [3.05, 3.63) is 94.8 Å². The minimum Gasteiger partial charge on any atom is -0.444 e. The monoisotopic (exact) mass is 446 g/mol. The van der Waals surface area contributed by atoms with E-state index in [0.717, 1.165) is 26.7 Å². The van der Waals surface area contributed by atoms with Crippen molar-refractivity contribution < 1.29 is 9.21 Å². The molecule has 0 atom stereocenters. The molecule has 1 N–H and O–H groups in total. The Morgan fingerprint density at radius 1 is 1.03 bits per heavy atom. The smallest absolute Gasteiger partial charge is 0.228 e. The highest BCUT2D eigenvalue weighted by atomic mass is 79.9. The van der Waals surface area contributed by atoms with Gasteiger partial charge < -0.3 is 9.73 Å². The number of rotatable bonds is 5. The van der Waals surface area contributed by atoms with E-state index in [9.17, 15) is 4.79 Å². The number of anilines is 1. The van der Waals surface area contributed by atoms with Crippen LogP contribution < -0.4 is 5.32 Å². The number of hydrogen-bond acceptors (Lipinski definition) is 3. The van der Waals surface area contributed by atoms with Crippen LogP contribution >= 0.6 is 15.9 Å². The molecular weight excluding hydrogens is 428 g/mol. The van der Waals surface area contributed by atoms with E-state index in [2.05, 4.69) is 45.3 Å². The second-order valence-electron chi connectivity index (χ2n) is 6.76. The van der Waals surface area contributed by atoms with Crippen LogP contribution in [0.2, 0.25) is 0 Å². The normalized spacial score (nSPS) is 10.7. The third-order valence-electron chi connectivity index (χ3n) is 4.69. The molecule has 1 heterocycles. The number of oxazole rings is 1. The number of benzene rings is 3. The summed E-state index contributed by atoms with van der Waals surface area (Å²) >= 11 is 3.41. The van der Waals surface area contributed by atoms with Crippen LogP contribution in [0.5, 0.6) is 0 Å². The summed E-state index contributed by atoms with van der Waals surface area (Å²) in [5.74, 6) is 0.378. The maximum atomic E-state index is 12.6. The summed E-state index contributed by atoms with van der Waals surface area (Å²) < 4.78 is 6.51. The molecule has 0 spiro atoms. The van der Waals surface area contributed by atoms with Crippen molar-refractivity contribution in [1.29, 1.82) is 0 Å². The Hall–Kier alpha value is -3.18. The number of halogens is 1. The molecule has 4 nitrogen and oxygen atoms in total. The van der Waals surface area contributed by atoms with Gasteiger partial charge in [-0.1, -0.05) is 58.4 Å². The zero-order chi connectivity index (χ0) is 20.2. The van der Waals surface area contributed by atoms with Crippen molar-refractivity contribution in [2.75, 3.05) is 5.32 Å². The van der Waals surface area contributed by atoms with Gasteiger partial charge >= 0.3 is 0 Å². The van der Waals surface area contributed by atoms with E-state index in [1.165, 1.54) is 11.8 Å². The molecule has 0 bridgehead atoms. The van der Waals surface area contributed by atoms with Gasteiger partial charge in [-0.25, -0.2) is 4.98 Å². The van der Waals surface area contributed by atoms with E-state index in [-0.39, 0.29) is 12.3 Å². The molecule has 144 valence electrons. The zero-order valence-corrected chi connectivity index (χ0v) is 17.4. The van der Waals surface area contributed by atoms with E-state index in [4.69, 9.17) is 4.42 Å². The Bertz CT molecular complexity index is 1140. The van der Waals surface area contributed by atoms with Crippen LogP contribution in [-0.2, 0) is 11.2 Å². The highest BCUT2D eigenvalue weighted by Crippen LogP contribution is 2.33. The van der Waals surface area contributed by atoms with Crippen molar-refractivity contribution >= 4 is 27.5 Å². The number of aryl methyl sites for hydroxylation is 1. The van der Waals surface area contributed by atoms with E-state index in [1.807, 2.05) is 54.6 Å². The first-order chi connectivity index (χ1) is 14.1. The molecule has 29 heavy (non-hydrogen) atoms. The lowest BCUT2D eigenvalue weighted by Crippen LogP contribution is -2.15. The van der Waals surface area contributed by atoms with Gasteiger partial charge in [0.15, 0.2) is 0 Å². The summed E-state index contributed by atoms with van der Waals surface area (Å²) in [6.45, 7) is 2.08. The van der Waals surface area contributed by atoms with Crippen molar-refractivity contribution in [2.24, 2.45) is 0 Å². The highest BCUT2D eigenvalue weighted by Gasteiger charge is 2.14. The van der Waals surface area contributed by atoms with Crippen LogP contribution in [0.1, 0.15) is 11.1 Å². The predicted molar refractivity (Wildman–Crippen MR) is 119 cm³/mol. The van der Waals surface area contributed by atoms with Crippen LogP contribution in [-0.4, -0.2) is 10.9 Å². The van der Waals surface area contributed by atoms with Gasteiger partial charge in [0.05, 0.1) is 23.9 Å². The number of hydrogen-bond donors (Lipinski definition) is 1. The topological polar surface area (TPSA) is 55.1 Å². The molecule has 0 unspecified atom stereocenters. The lowest BCUT2D eigenvalue weighted by atomic mass is 9.98. The number of carbonyl (C=O) groups excluding carboxylic acids is 1. The lowest BCUT2D eigenvalue weighted by Gasteiger charge is -2.13. The average Bonchev–Trinajstić information content (AvgIpc) is 3.25. The Morgan fingerprint density at radius 2 is 1.83 bits per heavy atom. The van der Waals surface area contributed by atoms with Crippen LogP contribution in [0.4, 0.5) is 5.69 Å². The summed E-state index contributed by atoms with van der Waals surface area (Å²) in [5.41, 5.74) is 5.72. The SMILES string of the molecule is Cc1ccccc1-c1ccc(NC(=O)Cc2ccc(Br)cc2)c(-c2ncco2)c1. The molecule has 4 aromatic rings. The third kappa shape index (κ3) is 4.46. The molecule has 0 aliphatic rings. The van der Waals surface area contributed by atoms with Crippen molar-refractivity contribution in [3.63, 3.8) is 0 Å². The Kier molecular flexibility index (Phi) is 5.58. The van der Waals surface area contributed by atoms with Crippen LogP contribution in [0, 0.1) is 6.92 Å². The fourth-order valence-electron chi connectivity index (χ4n) is 3.23. The van der Waals surface area contributed by atoms with E-state index in [1.54, 1.807) is 6.20 Å². The van der Waals surface area contributed by atoms with Gasteiger partial charge in [-0.3, -0.25) is 4.79 Å². The van der Waals surface area contributed by atoms with Gasteiger partial charge in [0.1, 0.15) is 6.26 Å². The molecule has 0 aliphatic carbocycles.